The molecule has 17 heavy (non-hydrogen) atoms. The second-order valence-electron chi connectivity index (χ2n) is 3.34. The van der Waals surface area contributed by atoms with Gasteiger partial charge in [0.1, 0.15) is 0 Å². The number of nitrogens with one attached hydrogen (secondary N) is 2. The first-order valence-corrected chi connectivity index (χ1v) is 4.78. The summed E-state index contributed by atoms with van der Waals surface area (Å²) in [5, 5.41) is 9.62. The molecule has 0 radical (unpaired) electrons. The molecule has 1 aliphatic heterocycles. The van der Waals surface area contributed by atoms with Gasteiger partial charge in [-0.1, -0.05) is 0 Å². The van der Waals surface area contributed by atoms with E-state index in [0.29, 0.717) is 9.80 Å². The maximum Gasteiger partial charge on any atom is 0.333 e. The zero-order chi connectivity index (χ0) is 13.4. The molecule has 4 amide bonds. The van der Waals surface area contributed by atoms with E-state index in [1.54, 1.807) is 0 Å². The summed E-state index contributed by atoms with van der Waals surface area (Å²) in [4.78, 5) is 35.9. The summed E-state index contributed by atoms with van der Waals surface area (Å²) in [6.07, 6.45) is 0. The van der Waals surface area contributed by atoms with E-state index in [9.17, 15) is 19.5 Å². The van der Waals surface area contributed by atoms with Gasteiger partial charge in [0.2, 0.25) is 0 Å². The summed E-state index contributed by atoms with van der Waals surface area (Å²) in [6.45, 7) is 0. The Morgan fingerprint density at radius 2 is 1.71 bits per heavy atom. The fraction of sp³-hybridized carbons (Fsp3) is 0.429. The number of nitrogens with zero attached hydrogens (tertiary/aromatic N) is 2. The van der Waals surface area contributed by atoms with Crippen LogP contribution in [-0.2, 0) is 9.59 Å². The Hall–Kier alpha value is -1.78. The van der Waals surface area contributed by atoms with Crippen LogP contribution < -0.4 is 16.6 Å². The highest BCUT2D eigenvalue weighted by molar-refractivity contribution is 7.80. The van der Waals surface area contributed by atoms with Crippen molar-refractivity contribution in [1.29, 1.82) is 0 Å². The van der Waals surface area contributed by atoms with Gasteiger partial charge in [0.25, 0.3) is 17.5 Å². The molecule has 10 heteroatoms. The lowest BCUT2D eigenvalue weighted by Crippen LogP contribution is -2.75. The van der Waals surface area contributed by atoms with Crippen LogP contribution in [0.2, 0.25) is 0 Å². The third kappa shape index (κ3) is 2.05. The number of hydrogen-bond donors (Lipinski definition) is 4. The molecule has 0 spiro atoms. The minimum absolute atomic E-state index is 0.277. The normalized spacial score (nSPS) is 19.6. The Bertz CT molecular complexity index is 387. The van der Waals surface area contributed by atoms with Gasteiger partial charge < -0.3 is 10.8 Å². The van der Waals surface area contributed by atoms with Gasteiger partial charge in [-0.25, -0.2) is 4.79 Å². The monoisotopic (exact) mass is 261 g/mol. The molecular formula is C7H11N5O4S. The highest BCUT2D eigenvalue weighted by atomic mass is 32.1. The Morgan fingerprint density at radius 3 is 2.06 bits per heavy atom. The first-order chi connectivity index (χ1) is 7.71. The van der Waals surface area contributed by atoms with E-state index in [1.807, 2.05) is 5.43 Å². The molecule has 94 valence electrons. The second-order valence-corrected chi connectivity index (χ2v) is 3.78. The van der Waals surface area contributed by atoms with Crippen molar-refractivity contribution in [3.05, 3.63) is 0 Å². The molecule has 1 heterocycles. The number of imide groups is 2. The molecule has 0 unspecified atom stereocenters. The van der Waals surface area contributed by atoms with Gasteiger partial charge in [-0.3, -0.25) is 24.8 Å². The van der Waals surface area contributed by atoms with Gasteiger partial charge in [-0.2, -0.15) is 5.43 Å². The van der Waals surface area contributed by atoms with E-state index >= 15 is 0 Å². The average molecular weight is 261 g/mol. The van der Waals surface area contributed by atoms with Crippen LogP contribution in [0.25, 0.3) is 0 Å². The summed E-state index contributed by atoms with van der Waals surface area (Å²) in [5.74, 6) is -2.26. The van der Waals surface area contributed by atoms with Crippen LogP contribution in [0.1, 0.15) is 0 Å². The predicted octanol–water partition coefficient (Wildman–Crippen LogP) is -2.94. The van der Waals surface area contributed by atoms with E-state index in [1.165, 1.54) is 0 Å². The number of nitrogens with two attached hydrogens (primary N) is 1. The van der Waals surface area contributed by atoms with Crippen molar-refractivity contribution in [2.24, 2.45) is 5.73 Å². The van der Waals surface area contributed by atoms with Crippen LogP contribution in [0.15, 0.2) is 0 Å². The molecule has 0 aromatic carbocycles. The van der Waals surface area contributed by atoms with E-state index in [2.05, 4.69) is 17.6 Å². The maximum atomic E-state index is 11.6. The Kier molecular flexibility index (Phi) is 3.31. The number of carbonyl (C=O) groups is 3. The van der Waals surface area contributed by atoms with Gasteiger partial charge in [0.05, 0.1) is 0 Å². The molecule has 0 saturated carbocycles. The molecule has 1 fully saturated rings. The average Bonchev–Trinajstić information content (AvgIpc) is 2.29. The SMILES string of the molecule is CN1C(=O)N(C)C(=O)C(O)(NNC(N)=S)C1=O. The Morgan fingerprint density at radius 1 is 1.29 bits per heavy atom. The number of rotatable bonds is 2. The van der Waals surface area contributed by atoms with Crippen LogP contribution in [-0.4, -0.2) is 57.7 Å². The van der Waals surface area contributed by atoms with Gasteiger partial charge in [0.15, 0.2) is 5.11 Å². The third-order valence-electron chi connectivity index (χ3n) is 2.17. The maximum absolute atomic E-state index is 11.6. The minimum Gasteiger partial charge on any atom is -0.375 e. The van der Waals surface area contributed by atoms with Gasteiger partial charge in [0, 0.05) is 14.1 Å². The van der Waals surface area contributed by atoms with Crippen molar-refractivity contribution in [2.45, 2.75) is 5.72 Å². The van der Waals surface area contributed by atoms with E-state index in [-0.39, 0.29) is 5.11 Å². The number of barbiturate groups is 1. The lowest BCUT2D eigenvalue weighted by atomic mass is 10.1. The van der Waals surface area contributed by atoms with Crippen molar-refractivity contribution in [2.75, 3.05) is 14.1 Å². The molecule has 9 nitrogen and oxygen atoms in total. The fourth-order valence-corrected chi connectivity index (χ4v) is 1.29. The summed E-state index contributed by atoms with van der Waals surface area (Å²) >= 11 is 4.45. The zero-order valence-electron chi connectivity index (χ0n) is 9.05. The Labute approximate surface area is 101 Å². The molecule has 0 atom stereocenters. The molecule has 0 aromatic heterocycles. The number of carbonyl (C=O) groups excluding carboxylic acids is 3. The largest absolute Gasteiger partial charge is 0.375 e. The zero-order valence-corrected chi connectivity index (χ0v) is 9.87. The summed E-state index contributed by atoms with van der Waals surface area (Å²) in [6, 6.07) is -0.846. The number of hydrogen-bond acceptors (Lipinski definition) is 6. The van der Waals surface area contributed by atoms with Crippen LogP contribution in [0.3, 0.4) is 0 Å². The van der Waals surface area contributed by atoms with Crippen molar-refractivity contribution < 1.29 is 19.5 Å². The van der Waals surface area contributed by atoms with Gasteiger partial charge >= 0.3 is 6.03 Å². The highest BCUT2D eigenvalue weighted by Gasteiger charge is 2.55. The number of amides is 4. The molecule has 0 bridgehead atoms. The van der Waals surface area contributed by atoms with Gasteiger partial charge in [-0.15, -0.1) is 0 Å². The smallest absolute Gasteiger partial charge is 0.333 e. The third-order valence-corrected chi connectivity index (χ3v) is 2.27. The molecule has 5 N–H and O–H groups in total. The first kappa shape index (κ1) is 13.3. The summed E-state index contributed by atoms with van der Waals surface area (Å²) in [7, 11) is 2.25. The second kappa shape index (κ2) is 4.24. The van der Waals surface area contributed by atoms with Crippen LogP contribution in [0, 0.1) is 0 Å². The molecule has 1 rings (SSSR count). The minimum atomic E-state index is -2.62. The molecule has 1 saturated heterocycles. The quantitative estimate of drug-likeness (QED) is 0.180. The highest BCUT2D eigenvalue weighted by Crippen LogP contribution is 2.16. The molecule has 1 aliphatic rings. The van der Waals surface area contributed by atoms with Crippen molar-refractivity contribution in [1.82, 2.24) is 20.7 Å². The van der Waals surface area contributed by atoms with Crippen molar-refractivity contribution >= 4 is 35.2 Å². The van der Waals surface area contributed by atoms with Crippen molar-refractivity contribution in [3.8, 4) is 0 Å². The summed E-state index contributed by atoms with van der Waals surface area (Å²) < 4.78 is 0. The van der Waals surface area contributed by atoms with Gasteiger partial charge in [-0.05, 0) is 12.2 Å². The fourth-order valence-electron chi connectivity index (χ4n) is 1.23. The van der Waals surface area contributed by atoms with E-state index in [0.717, 1.165) is 14.1 Å². The van der Waals surface area contributed by atoms with Crippen LogP contribution in [0.4, 0.5) is 4.79 Å². The standard InChI is InChI=1S/C7H11N5O4S/c1-11-3(13)7(16,10-9-5(8)17)4(14)12(2)6(11)15/h10,16H,1-2H3,(H3,8,9,17). The van der Waals surface area contributed by atoms with E-state index < -0.39 is 23.6 Å². The summed E-state index contributed by atoms with van der Waals surface area (Å²) in [5.41, 5.74) is 6.52. The number of hydrazine groups is 1. The van der Waals surface area contributed by atoms with Crippen LogP contribution in [0.5, 0.6) is 0 Å². The van der Waals surface area contributed by atoms with E-state index in [4.69, 9.17) is 5.73 Å². The van der Waals surface area contributed by atoms with Crippen LogP contribution >= 0.6 is 12.2 Å². The first-order valence-electron chi connectivity index (χ1n) is 4.37. The number of likely N-dealkylation sites (N-methyl/N-ethyl adjacent to an activating group) is 2. The number of urea groups is 1. The number of thiocarbonyl (C=S) groups is 1. The number of aliphatic hydroxyl groups is 1. The lowest BCUT2D eigenvalue weighted by molar-refractivity contribution is -0.172. The lowest BCUT2D eigenvalue weighted by Gasteiger charge is -2.38. The topological polar surface area (TPSA) is 128 Å². The molecular weight excluding hydrogens is 250 g/mol. The predicted molar refractivity (Wildman–Crippen MR) is 58.9 cm³/mol. The molecule has 0 aromatic rings. The van der Waals surface area contributed by atoms with Crippen molar-refractivity contribution in [3.63, 3.8) is 0 Å². The molecule has 0 aliphatic carbocycles. The Balaban J connectivity index is 3.03.